The highest BCUT2D eigenvalue weighted by Gasteiger charge is 2.48. The predicted octanol–water partition coefficient (Wildman–Crippen LogP) is 4.07. The van der Waals surface area contributed by atoms with Gasteiger partial charge in [-0.15, -0.1) is 0 Å². The van der Waals surface area contributed by atoms with Gasteiger partial charge in [-0.25, -0.2) is 17.6 Å². The van der Waals surface area contributed by atoms with E-state index < -0.39 is 28.1 Å². The Morgan fingerprint density at radius 3 is 1.12 bits per heavy atom. The number of halogens is 10. The Morgan fingerprint density at radius 1 is 0.875 bits per heavy atom. The van der Waals surface area contributed by atoms with Gasteiger partial charge in [0.2, 0.25) is 0 Å². The van der Waals surface area contributed by atoms with Crippen LogP contribution in [0.3, 0.4) is 0 Å². The van der Waals surface area contributed by atoms with Gasteiger partial charge in [-0.3, -0.25) is 0 Å². The zero-order chi connectivity index (χ0) is 13.8. The third-order valence-corrected chi connectivity index (χ3v) is 2.28. The molecular formula is C5H4Cl4F6O. The topological polar surface area (TPSA) is 20.2 Å². The largest absolute Gasteiger partial charge is 0.390 e. The molecule has 0 aromatic heterocycles. The van der Waals surface area contributed by atoms with Gasteiger partial charge in [0, 0.05) is 0 Å². The molecule has 0 bridgehead atoms. The zero-order valence-electron chi connectivity index (χ0n) is 7.01. The molecule has 0 rings (SSSR count). The summed E-state index contributed by atoms with van der Waals surface area (Å²) in [5.41, 5.74) is 0. The van der Waals surface area contributed by atoms with E-state index in [1.807, 2.05) is 0 Å². The van der Waals surface area contributed by atoms with Gasteiger partial charge < -0.3 is 5.11 Å². The lowest BCUT2D eigenvalue weighted by atomic mass is 10.4. The second-order valence-electron chi connectivity index (χ2n) is 2.22. The molecule has 1 N–H and O–H groups in total. The van der Waals surface area contributed by atoms with E-state index in [2.05, 4.69) is 46.4 Å². The molecule has 0 fully saturated rings. The van der Waals surface area contributed by atoms with E-state index >= 15 is 0 Å². The van der Waals surface area contributed by atoms with Crippen molar-refractivity contribution in [1.82, 2.24) is 0 Å². The Labute approximate surface area is 106 Å². The first-order chi connectivity index (χ1) is 6.75. The van der Waals surface area contributed by atoms with Crippen LogP contribution < -0.4 is 0 Å². The van der Waals surface area contributed by atoms with E-state index in [4.69, 9.17) is 5.11 Å². The van der Waals surface area contributed by atoms with Crippen molar-refractivity contribution in [3.05, 3.63) is 0 Å². The Hall–Kier alpha value is 0.700. The summed E-state index contributed by atoms with van der Waals surface area (Å²) in [5, 5.41) is 7.53. The second-order valence-corrected chi connectivity index (χ2v) is 4.69. The van der Waals surface area contributed by atoms with E-state index in [1.165, 1.54) is 0 Å². The van der Waals surface area contributed by atoms with Crippen LogP contribution in [0.4, 0.5) is 26.3 Å². The lowest BCUT2D eigenvalue weighted by molar-refractivity contribution is -0.153. The summed E-state index contributed by atoms with van der Waals surface area (Å²) >= 11 is 17.9. The molecule has 0 unspecified atom stereocenters. The average Bonchev–Trinajstić information content (AvgIpc) is 2.01. The fourth-order valence-corrected chi connectivity index (χ4v) is 0.0690. The molecule has 0 heterocycles. The summed E-state index contributed by atoms with van der Waals surface area (Å²) in [6.07, 6.45) is -3.77. The van der Waals surface area contributed by atoms with Crippen LogP contribution in [0.1, 0.15) is 0 Å². The average molecular weight is 336 g/mol. The van der Waals surface area contributed by atoms with Crippen LogP contribution in [-0.4, -0.2) is 33.2 Å². The van der Waals surface area contributed by atoms with Crippen molar-refractivity contribution in [1.29, 1.82) is 0 Å². The minimum absolute atomic E-state index is 1.80. The Bertz CT molecular complexity index is 184. The molecule has 100 valence electrons. The molecule has 0 saturated heterocycles. The van der Waals surface area contributed by atoms with Gasteiger partial charge in [0.15, 0.2) is 0 Å². The molecular weight excluding hydrogens is 332 g/mol. The summed E-state index contributed by atoms with van der Waals surface area (Å²) < 4.78 is 61.4. The quantitative estimate of drug-likeness (QED) is 0.609. The molecule has 16 heavy (non-hydrogen) atoms. The maximum atomic E-state index is 11.8. The number of aliphatic hydroxyl groups excluding tert-OH is 1. The fraction of sp³-hybridized carbons (Fsp3) is 1.00. The molecule has 0 aliphatic heterocycles. The van der Waals surface area contributed by atoms with Crippen LogP contribution in [0.15, 0.2) is 0 Å². The molecule has 0 atom stereocenters. The van der Waals surface area contributed by atoms with Gasteiger partial charge in [-0.2, -0.15) is 8.78 Å². The first-order valence-electron chi connectivity index (χ1n) is 3.16. The van der Waals surface area contributed by atoms with Crippen molar-refractivity contribution < 1.29 is 31.4 Å². The highest BCUT2D eigenvalue weighted by Crippen LogP contribution is 2.44. The van der Waals surface area contributed by atoms with Crippen molar-refractivity contribution in [2.24, 2.45) is 0 Å². The normalized spacial score (nSPS) is 13.5. The van der Waals surface area contributed by atoms with Gasteiger partial charge >= 0.3 is 21.5 Å². The van der Waals surface area contributed by atoms with Crippen LogP contribution in [0.5, 0.6) is 0 Å². The third-order valence-electron chi connectivity index (χ3n) is 0.851. The van der Waals surface area contributed by atoms with Crippen LogP contribution >= 0.6 is 46.4 Å². The van der Waals surface area contributed by atoms with Crippen molar-refractivity contribution in [3.8, 4) is 0 Å². The van der Waals surface area contributed by atoms with E-state index in [0.717, 1.165) is 0 Å². The lowest BCUT2D eigenvalue weighted by Crippen LogP contribution is -2.30. The molecule has 0 radical (unpaired) electrons. The lowest BCUT2D eigenvalue weighted by Gasteiger charge is -2.15. The monoisotopic (exact) mass is 334 g/mol. The maximum Gasteiger partial charge on any atom is 0.329 e. The van der Waals surface area contributed by atoms with Crippen molar-refractivity contribution in [2.75, 3.05) is 6.61 Å². The summed E-state index contributed by atoms with van der Waals surface area (Å²) in [4.78, 5) is 0. The summed E-state index contributed by atoms with van der Waals surface area (Å²) in [6.45, 7) is -1.80. The van der Waals surface area contributed by atoms with Crippen molar-refractivity contribution in [2.45, 2.75) is 21.5 Å². The second kappa shape index (κ2) is 6.58. The van der Waals surface area contributed by atoms with E-state index in [0.29, 0.717) is 0 Å². The number of alkyl halides is 10. The highest BCUT2D eigenvalue weighted by molar-refractivity contribution is 6.60. The highest BCUT2D eigenvalue weighted by atomic mass is 35.5. The van der Waals surface area contributed by atoms with Gasteiger partial charge in [0.05, 0.1) is 0 Å². The van der Waals surface area contributed by atoms with Gasteiger partial charge in [0.25, 0.3) is 0 Å². The summed E-state index contributed by atoms with van der Waals surface area (Å²) in [6, 6.07) is 0. The fourth-order valence-electron chi connectivity index (χ4n) is 0.0690. The minimum Gasteiger partial charge on any atom is -0.390 e. The first-order valence-corrected chi connectivity index (χ1v) is 4.67. The van der Waals surface area contributed by atoms with E-state index in [1.54, 1.807) is 0 Å². The Morgan fingerprint density at radius 2 is 1.12 bits per heavy atom. The Kier molecular flexibility index (Phi) is 7.84. The predicted molar refractivity (Wildman–Crippen MR) is 49.1 cm³/mol. The molecule has 0 saturated carbocycles. The molecule has 1 nitrogen and oxygen atoms in total. The van der Waals surface area contributed by atoms with Crippen LogP contribution in [0.2, 0.25) is 0 Å². The van der Waals surface area contributed by atoms with Crippen LogP contribution in [0, 0.1) is 0 Å². The maximum absolute atomic E-state index is 11.8. The standard InChI is InChI=1S/C3H4F4O.C2Cl4F2/c4-2(5)3(6,7)1-8;3-1(4,7)2(5,6)8/h2,8H,1H2;. The summed E-state index contributed by atoms with van der Waals surface area (Å²) in [7, 11) is 0. The first kappa shape index (κ1) is 19.0. The van der Waals surface area contributed by atoms with E-state index in [9.17, 15) is 26.3 Å². The molecule has 0 spiro atoms. The summed E-state index contributed by atoms with van der Waals surface area (Å²) in [5.74, 6) is -4.24. The van der Waals surface area contributed by atoms with Crippen molar-refractivity contribution in [3.63, 3.8) is 0 Å². The smallest absolute Gasteiger partial charge is 0.329 e. The number of hydrogen-bond donors (Lipinski definition) is 1. The minimum atomic E-state index is -4.24. The molecule has 0 aromatic carbocycles. The zero-order valence-corrected chi connectivity index (χ0v) is 10.0. The SMILES string of the molecule is FC(Cl)(Cl)C(F)(Cl)Cl.OCC(F)(F)C(F)F. The number of aliphatic hydroxyl groups is 1. The molecule has 0 aliphatic carbocycles. The van der Waals surface area contributed by atoms with Gasteiger partial charge in [0.1, 0.15) is 6.61 Å². The molecule has 0 aliphatic rings. The van der Waals surface area contributed by atoms with E-state index in [-0.39, 0.29) is 0 Å². The van der Waals surface area contributed by atoms with Crippen LogP contribution in [-0.2, 0) is 0 Å². The third kappa shape index (κ3) is 7.89. The molecule has 0 aromatic rings. The van der Waals surface area contributed by atoms with Crippen molar-refractivity contribution >= 4 is 46.4 Å². The Balaban J connectivity index is 0. The van der Waals surface area contributed by atoms with Gasteiger partial charge in [-0.05, 0) is 0 Å². The molecule has 0 amide bonds. The number of rotatable bonds is 3. The van der Waals surface area contributed by atoms with Gasteiger partial charge in [-0.1, -0.05) is 46.4 Å². The number of hydrogen-bond acceptors (Lipinski definition) is 1. The molecule has 11 heteroatoms. The van der Waals surface area contributed by atoms with Crippen LogP contribution in [0.25, 0.3) is 0 Å².